The number of morpholine rings is 1. The van der Waals surface area contributed by atoms with Gasteiger partial charge in [-0.15, -0.1) is 0 Å². The van der Waals surface area contributed by atoms with Gasteiger partial charge in [-0.05, 0) is 45.1 Å². The lowest BCUT2D eigenvalue weighted by Gasteiger charge is -2.54. The minimum atomic E-state index is -1.23. The van der Waals surface area contributed by atoms with E-state index in [-0.39, 0.29) is 46.5 Å². The zero-order chi connectivity index (χ0) is 27.4. The van der Waals surface area contributed by atoms with Crippen molar-refractivity contribution in [2.75, 3.05) is 34.9 Å². The molecule has 11 nitrogen and oxygen atoms in total. The molecular weight excluding hydrogens is 537 g/mol. The number of ether oxygens (including phenoxy) is 1. The number of rotatable bonds is 5. The fourth-order valence-corrected chi connectivity index (χ4v) is 7.90. The third-order valence-corrected chi connectivity index (χ3v) is 9.35. The molecule has 0 saturated carbocycles. The Morgan fingerprint density at radius 3 is 2.84 bits per heavy atom. The highest BCUT2D eigenvalue weighted by Gasteiger charge is 2.54. The van der Waals surface area contributed by atoms with Crippen molar-refractivity contribution in [3.63, 3.8) is 0 Å². The second-order valence-electron chi connectivity index (χ2n) is 10.0. The minimum Gasteiger partial charge on any atom is -0.372 e. The summed E-state index contributed by atoms with van der Waals surface area (Å²) >= 11 is 2.86. The van der Waals surface area contributed by atoms with E-state index < -0.39 is 35.3 Å². The summed E-state index contributed by atoms with van der Waals surface area (Å²) in [5, 5.41) is 8.46. The molecule has 3 aliphatic heterocycles. The highest BCUT2D eigenvalue weighted by atomic mass is 32.2. The molecule has 0 bridgehead atoms. The Hall–Kier alpha value is -2.84. The molecule has 2 aromatic rings. The number of halogens is 1. The molecule has 14 heteroatoms. The van der Waals surface area contributed by atoms with Gasteiger partial charge in [0.1, 0.15) is 0 Å². The van der Waals surface area contributed by atoms with Gasteiger partial charge in [0, 0.05) is 24.1 Å². The number of imide groups is 2. The molecule has 1 aromatic carbocycles. The van der Waals surface area contributed by atoms with Crippen molar-refractivity contribution in [1.29, 1.82) is 0 Å². The van der Waals surface area contributed by atoms with Gasteiger partial charge in [-0.25, -0.2) is 9.18 Å². The summed E-state index contributed by atoms with van der Waals surface area (Å²) in [6.45, 7) is 6.08. The van der Waals surface area contributed by atoms with E-state index >= 15 is 4.39 Å². The largest absolute Gasteiger partial charge is 0.372 e. The minimum absolute atomic E-state index is 0.0613. The number of aromatic nitrogens is 1. The topological polar surface area (TPSA) is 134 Å². The van der Waals surface area contributed by atoms with Crippen LogP contribution in [0, 0.1) is 11.2 Å². The fourth-order valence-electron chi connectivity index (χ4n) is 5.95. The molecule has 2 saturated heterocycles. The first kappa shape index (κ1) is 26.8. The molecule has 4 heterocycles. The molecule has 3 aliphatic rings. The zero-order valence-electron chi connectivity index (χ0n) is 21.3. The number of anilines is 2. The van der Waals surface area contributed by atoms with Crippen LogP contribution in [0.1, 0.15) is 26.3 Å². The predicted molar refractivity (Wildman–Crippen MR) is 142 cm³/mol. The van der Waals surface area contributed by atoms with Crippen LogP contribution in [0.4, 0.5) is 25.5 Å². The number of urea groups is 1. The third kappa shape index (κ3) is 4.31. The number of thioether (sulfide) groups is 2. The van der Waals surface area contributed by atoms with E-state index in [0.29, 0.717) is 24.0 Å². The van der Waals surface area contributed by atoms with Crippen LogP contribution in [0.25, 0.3) is 11.0 Å². The quantitative estimate of drug-likeness (QED) is 0.521. The molecule has 2 N–H and O–H groups in total. The summed E-state index contributed by atoms with van der Waals surface area (Å²) < 4.78 is 27.7. The third-order valence-electron chi connectivity index (χ3n) is 7.34. The first-order chi connectivity index (χ1) is 18.1. The molecule has 2 fully saturated rings. The number of benzene rings is 1. The average molecular weight is 566 g/mol. The molecule has 0 spiro atoms. The number of amides is 5. The molecule has 5 atom stereocenters. The second kappa shape index (κ2) is 10.0. The van der Waals surface area contributed by atoms with Gasteiger partial charge in [-0.2, -0.15) is 11.8 Å². The van der Waals surface area contributed by atoms with Crippen molar-refractivity contribution in [1.82, 2.24) is 15.8 Å². The molecule has 0 aliphatic carbocycles. The Morgan fingerprint density at radius 1 is 1.37 bits per heavy atom. The van der Waals surface area contributed by atoms with Crippen LogP contribution in [0.15, 0.2) is 10.6 Å². The number of carbonyl (C=O) groups excluding carboxylic acids is 4. The van der Waals surface area contributed by atoms with Crippen LogP contribution >= 0.6 is 23.5 Å². The number of carbonyl (C=O) groups is 4. The van der Waals surface area contributed by atoms with Crippen LogP contribution in [0.3, 0.4) is 0 Å². The molecule has 0 radical (unpaired) electrons. The summed E-state index contributed by atoms with van der Waals surface area (Å²) in [6.07, 6.45) is 1.48. The predicted octanol–water partition coefficient (Wildman–Crippen LogP) is 2.90. The summed E-state index contributed by atoms with van der Waals surface area (Å²) in [7, 11) is 0. The van der Waals surface area contributed by atoms with Gasteiger partial charge in [0.15, 0.2) is 11.6 Å². The van der Waals surface area contributed by atoms with Crippen molar-refractivity contribution in [3.8, 4) is 0 Å². The van der Waals surface area contributed by atoms with E-state index in [2.05, 4.69) is 10.5 Å². The van der Waals surface area contributed by atoms with E-state index in [1.807, 2.05) is 18.5 Å². The summed E-state index contributed by atoms with van der Waals surface area (Å²) in [4.78, 5) is 52.2. The lowest BCUT2D eigenvalue weighted by molar-refractivity contribution is -0.136. The Labute approximate surface area is 226 Å². The monoisotopic (exact) mass is 565 g/mol. The average Bonchev–Trinajstić information content (AvgIpc) is 3.41. The maximum absolute atomic E-state index is 16.2. The van der Waals surface area contributed by atoms with Crippen molar-refractivity contribution in [2.24, 2.45) is 5.41 Å². The number of fused-ring (bicyclic) bond motifs is 4. The van der Waals surface area contributed by atoms with Crippen LogP contribution < -0.4 is 20.4 Å². The standard InChI is InChI=1S/C24H28FN5O6S2/c1-11-7-29-17-13(6-24(3,19(29)12(2)35-11)21(32)27-22(33)26-10-31)5-15-18(16(17)25)36-28-20(15)30-8-14(9-37-4)38-23(30)34/h5,10-12,14,19H,6-9H2,1-4H3,(H2,26,27,31,32,33)/t11-,12+,14?,19?,24?/m1/s1. The van der Waals surface area contributed by atoms with Gasteiger partial charge < -0.3 is 14.2 Å². The highest BCUT2D eigenvalue weighted by molar-refractivity contribution is 8.15. The molecule has 38 heavy (non-hydrogen) atoms. The fraction of sp³-hybridized carbons (Fsp3) is 0.542. The molecule has 5 amide bonds. The number of nitrogens with zero attached hydrogens (tertiary/aromatic N) is 3. The lowest BCUT2D eigenvalue weighted by atomic mass is 9.69. The van der Waals surface area contributed by atoms with Gasteiger partial charge in [0.2, 0.25) is 17.9 Å². The number of hydrogen-bond donors (Lipinski definition) is 2. The summed E-state index contributed by atoms with van der Waals surface area (Å²) in [5.41, 5.74) is -0.482. The summed E-state index contributed by atoms with van der Waals surface area (Å²) in [5.74, 6) is -0.222. The summed E-state index contributed by atoms with van der Waals surface area (Å²) in [6, 6.07) is 0.153. The Bertz CT molecular complexity index is 1320. The van der Waals surface area contributed by atoms with Crippen molar-refractivity contribution >= 4 is 69.6 Å². The first-order valence-electron chi connectivity index (χ1n) is 12.1. The Balaban J connectivity index is 1.61. The van der Waals surface area contributed by atoms with E-state index in [9.17, 15) is 19.2 Å². The lowest BCUT2D eigenvalue weighted by Crippen LogP contribution is -2.67. The van der Waals surface area contributed by atoms with Gasteiger partial charge >= 0.3 is 6.03 Å². The van der Waals surface area contributed by atoms with Gasteiger partial charge in [-0.1, -0.05) is 16.9 Å². The van der Waals surface area contributed by atoms with Crippen LogP contribution in [0.5, 0.6) is 0 Å². The van der Waals surface area contributed by atoms with Gasteiger partial charge in [0.05, 0.1) is 34.7 Å². The number of hydrogen-bond acceptors (Lipinski definition) is 10. The van der Waals surface area contributed by atoms with Crippen LogP contribution in [0.2, 0.25) is 0 Å². The molecule has 5 rings (SSSR count). The molecule has 1 aromatic heterocycles. The van der Waals surface area contributed by atoms with Gasteiger partial charge in [-0.3, -0.25) is 29.9 Å². The van der Waals surface area contributed by atoms with Crippen molar-refractivity contribution in [3.05, 3.63) is 17.4 Å². The van der Waals surface area contributed by atoms with E-state index in [1.165, 1.54) is 16.7 Å². The molecular formula is C24H28FN5O6S2. The Kier molecular flexibility index (Phi) is 7.07. The zero-order valence-corrected chi connectivity index (χ0v) is 22.9. The van der Waals surface area contributed by atoms with E-state index in [4.69, 9.17) is 9.26 Å². The van der Waals surface area contributed by atoms with Crippen LogP contribution in [-0.2, 0) is 20.7 Å². The van der Waals surface area contributed by atoms with Crippen molar-refractivity contribution < 1.29 is 32.8 Å². The Morgan fingerprint density at radius 2 is 2.13 bits per heavy atom. The maximum Gasteiger partial charge on any atom is 0.327 e. The van der Waals surface area contributed by atoms with Crippen LogP contribution in [-0.4, -0.2) is 77.3 Å². The second-order valence-corrected chi connectivity index (χ2v) is 12.2. The normalized spacial score (nSPS) is 28.7. The SMILES string of the molecule is CSCC1CN(c2noc3c(F)c4c(cc23)CC(C)(C(=O)NC(=O)NC=O)C2[C@H](C)O[C@H](C)CN42)C(=O)S1. The van der Waals surface area contributed by atoms with Gasteiger partial charge in [0.25, 0.3) is 5.24 Å². The molecule has 3 unspecified atom stereocenters. The number of nitrogens with one attached hydrogen (secondary N) is 2. The molecule has 204 valence electrons. The smallest absolute Gasteiger partial charge is 0.327 e. The maximum atomic E-state index is 16.2. The highest BCUT2D eigenvalue weighted by Crippen LogP contribution is 2.49. The van der Waals surface area contributed by atoms with E-state index in [1.54, 1.807) is 36.6 Å². The first-order valence-corrected chi connectivity index (χ1v) is 14.4. The van der Waals surface area contributed by atoms with E-state index in [0.717, 1.165) is 5.75 Å². The van der Waals surface area contributed by atoms with Crippen molar-refractivity contribution in [2.45, 2.75) is 50.7 Å².